The molecule has 6 heteroatoms. The number of halogens is 2. The number of rotatable bonds is 4. The first-order valence-corrected chi connectivity index (χ1v) is 7.26. The van der Waals surface area contributed by atoms with E-state index < -0.39 is 0 Å². The minimum absolute atomic E-state index is 0.197. The van der Waals surface area contributed by atoms with Crippen LogP contribution in [0.3, 0.4) is 0 Å². The van der Waals surface area contributed by atoms with Crippen LogP contribution in [0.15, 0.2) is 42.5 Å². The lowest BCUT2D eigenvalue weighted by Crippen LogP contribution is -2.19. The van der Waals surface area contributed by atoms with Gasteiger partial charge in [0, 0.05) is 15.6 Å². The first kappa shape index (κ1) is 15.8. The molecule has 2 aromatic rings. The van der Waals surface area contributed by atoms with Gasteiger partial charge in [-0.2, -0.15) is 0 Å². The predicted octanol–water partition coefficient (Wildman–Crippen LogP) is 3.81. The smallest absolute Gasteiger partial charge is 0.228 e. The van der Waals surface area contributed by atoms with Gasteiger partial charge in [-0.25, -0.2) is 0 Å². The minimum atomic E-state index is -0.197. The molecule has 3 N–H and O–H groups in total. The van der Waals surface area contributed by atoms with Crippen LogP contribution >= 0.6 is 35.4 Å². The zero-order valence-corrected chi connectivity index (χ0v) is 13.2. The summed E-state index contributed by atoms with van der Waals surface area (Å²) in [4.78, 5) is 12.3. The van der Waals surface area contributed by atoms with E-state index in [1.807, 2.05) is 6.07 Å². The molecule has 0 fully saturated rings. The number of nitrogens with two attached hydrogens (primary N) is 1. The summed E-state index contributed by atoms with van der Waals surface area (Å²) in [5.74, 6) is -0.197. The number of thiocarbonyl (C=S) groups is 1. The van der Waals surface area contributed by atoms with Crippen LogP contribution in [0.4, 0.5) is 5.69 Å². The standard InChI is InChI=1S/C15H12Cl2N2OS/c16-10-3-1-2-9(6-10)7-14(20)19-13-8-11(17)4-5-12(13)15(18)21/h1-6,8H,7H2,(H2,18,21)(H,19,20). The number of hydrogen-bond donors (Lipinski definition) is 2. The van der Waals surface area contributed by atoms with Gasteiger partial charge in [-0.3, -0.25) is 4.79 Å². The highest BCUT2D eigenvalue weighted by atomic mass is 35.5. The molecule has 0 aliphatic carbocycles. The number of carbonyl (C=O) groups excluding carboxylic acids is 1. The zero-order valence-electron chi connectivity index (χ0n) is 10.9. The fourth-order valence-corrected chi connectivity index (χ4v) is 2.42. The Bertz CT molecular complexity index is 704. The molecule has 0 aliphatic heterocycles. The Morgan fingerprint density at radius 3 is 2.52 bits per heavy atom. The molecule has 1 amide bonds. The van der Waals surface area contributed by atoms with E-state index in [1.165, 1.54) is 0 Å². The van der Waals surface area contributed by atoms with Crippen LogP contribution in [0.2, 0.25) is 10.0 Å². The van der Waals surface area contributed by atoms with Gasteiger partial charge in [-0.1, -0.05) is 47.6 Å². The highest BCUT2D eigenvalue weighted by Crippen LogP contribution is 2.21. The monoisotopic (exact) mass is 338 g/mol. The Balaban J connectivity index is 2.16. The van der Waals surface area contributed by atoms with Gasteiger partial charge in [0.25, 0.3) is 0 Å². The maximum Gasteiger partial charge on any atom is 0.228 e. The average molecular weight is 339 g/mol. The molecule has 0 saturated heterocycles. The summed E-state index contributed by atoms with van der Waals surface area (Å²) < 4.78 is 0. The summed E-state index contributed by atoms with van der Waals surface area (Å²) in [6.45, 7) is 0. The van der Waals surface area contributed by atoms with Gasteiger partial charge >= 0.3 is 0 Å². The van der Waals surface area contributed by atoms with E-state index in [1.54, 1.807) is 36.4 Å². The van der Waals surface area contributed by atoms with Crippen molar-refractivity contribution in [2.45, 2.75) is 6.42 Å². The molecule has 0 radical (unpaired) electrons. The summed E-state index contributed by atoms with van der Waals surface area (Å²) in [7, 11) is 0. The van der Waals surface area contributed by atoms with Crippen molar-refractivity contribution in [3.8, 4) is 0 Å². The fraction of sp³-hybridized carbons (Fsp3) is 0.0667. The van der Waals surface area contributed by atoms with Gasteiger partial charge < -0.3 is 11.1 Å². The molecule has 0 aromatic heterocycles. The van der Waals surface area contributed by atoms with Crippen LogP contribution in [0, 0.1) is 0 Å². The number of nitrogens with one attached hydrogen (secondary N) is 1. The van der Waals surface area contributed by atoms with Crippen molar-refractivity contribution < 1.29 is 4.79 Å². The molecule has 21 heavy (non-hydrogen) atoms. The van der Waals surface area contributed by atoms with Crippen molar-refractivity contribution in [1.82, 2.24) is 0 Å². The molecule has 0 unspecified atom stereocenters. The lowest BCUT2D eigenvalue weighted by Gasteiger charge is -2.11. The van der Waals surface area contributed by atoms with Crippen molar-refractivity contribution in [3.05, 3.63) is 63.6 Å². The van der Waals surface area contributed by atoms with Crippen LogP contribution in [-0.2, 0) is 11.2 Å². The van der Waals surface area contributed by atoms with Gasteiger partial charge in [-0.05, 0) is 35.9 Å². The number of hydrogen-bond acceptors (Lipinski definition) is 2. The van der Waals surface area contributed by atoms with Crippen molar-refractivity contribution >= 4 is 52.0 Å². The molecule has 2 rings (SSSR count). The first-order valence-electron chi connectivity index (χ1n) is 6.09. The maximum absolute atomic E-state index is 12.1. The zero-order chi connectivity index (χ0) is 15.4. The van der Waals surface area contributed by atoms with E-state index in [9.17, 15) is 4.79 Å². The van der Waals surface area contributed by atoms with E-state index in [0.29, 0.717) is 21.3 Å². The Hall–Kier alpha value is -1.62. The Kier molecular flexibility index (Phi) is 5.17. The topological polar surface area (TPSA) is 55.1 Å². The molecular formula is C15H12Cl2N2OS. The average Bonchev–Trinajstić information content (AvgIpc) is 2.38. The van der Waals surface area contributed by atoms with Crippen LogP contribution in [-0.4, -0.2) is 10.9 Å². The van der Waals surface area contributed by atoms with E-state index in [0.717, 1.165) is 5.56 Å². The molecular weight excluding hydrogens is 327 g/mol. The minimum Gasteiger partial charge on any atom is -0.389 e. The van der Waals surface area contributed by atoms with Crippen LogP contribution in [0.25, 0.3) is 0 Å². The number of benzene rings is 2. The fourth-order valence-electron chi connectivity index (χ4n) is 1.86. The van der Waals surface area contributed by atoms with Gasteiger partial charge in [0.05, 0.1) is 12.1 Å². The number of anilines is 1. The highest BCUT2D eigenvalue weighted by molar-refractivity contribution is 7.80. The summed E-state index contributed by atoms with van der Waals surface area (Å²) in [5, 5.41) is 3.85. The van der Waals surface area contributed by atoms with Gasteiger partial charge in [0.15, 0.2) is 0 Å². The van der Waals surface area contributed by atoms with E-state index in [4.69, 9.17) is 41.2 Å². The van der Waals surface area contributed by atoms with Crippen LogP contribution in [0.5, 0.6) is 0 Å². The number of amides is 1. The lowest BCUT2D eigenvalue weighted by molar-refractivity contribution is -0.115. The third-order valence-corrected chi connectivity index (χ3v) is 3.46. The first-order chi connectivity index (χ1) is 9.95. The van der Waals surface area contributed by atoms with Crippen molar-refractivity contribution in [3.63, 3.8) is 0 Å². The SMILES string of the molecule is NC(=S)c1ccc(Cl)cc1NC(=O)Cc1cccc(Cl)c1. The number of carbonyl (C=O) groups is 1. The Morgan fingerprint density at radius 2 is 1.86 bits per heavy atom. The normalized spacial score (nSPS) is 10.2. The predicted molar refractivity (Wildman–Crippen MR) is 91.1 cm³/mol. The molecule has 0 spiro atoms. The second kappa shape index (κ2) is 6.89. The van der Waals surface area contributed by atoms with Gasteiger partial charge in [0.2, 0.25) is 5.91 Å². The van der Waals surface area contributed by atoms with E-state index >= 15 is 0 Å². The summed E-state index contributed by atoms with van der Waals surface area (Å²) >= 11 is 16.8. The van der Waals surface area contributed by atoms with Crippen molar-refractivity contribution in [2.24, 2.45) is 5.73 Å². The van der Waals surface area contributed by atoms with Crippen molar-refractivity contribution in [2.75, 3.05) is 5.32 Å². The van der Waals surface area contributed by atoms with E-state index in [-0.39, 0.29) is 17.3 Å². The van der Waals surface area contributed by atoms with Crippen molar-refractivity contribution in [1.29, 1.82) is 0 Å². The van der Waals surface area contributed by atoms with Gasteiger partial charge in [-0.15, -0.1) is 0 Å². The highest BCUT2D eigenvalue weighted by Gasteiger charge is 2.10. The molecule has 108 valence electrons. The molecule has 2 aromatic carbocycles. The molecule has 3 nitrogen and oxygen atoms in total. The second-order valence-electron chi connectivity index (χ2n) is 4.41. The maximum atomic E-state index is 12.1. The largest absolute Gasteiger partial charge is 0.389 e. The third kappa shape index (κ3) is 4.43. The third-order valence-electron chi connectivity index (χ3n) is 2.77. The molecule has 0 heterocycles. The second-order valence-corrected chi connectivity index (χ2v) is 5.72. The van der Waals surface area contributed by atoms with Gasteiger partial charge in [0.1, 0.15) is 4.99 Å². The summed E-state index contributed by atoms with van der Waals surface area (Å²) in [6.07, 6.45) is 0.198. The molecule has 0 aliphatic rings. The molecule has 0 bridgehead atoms. The summed E-state index contributed by atoms with van der Waals surface area (Å²) in [5.41, 5.74) is 7.53. The molecule has 0 saturated carbocycles. The summed E-state index contributed by atoms with van der Waals surface area (Å²) in [6, 6.07) is 12.1. The Morgan fingerprint density at radius 1 is 1.14 bits per heavy atom. The van der Waals surface area contributed by atoms with Crippen LogP contribution in [0.1, 0.15) is 11.1 Å². The molecule has 0 atom stereocenters. The quantitative estimate of drug-likeness (QED) is 0.833. The Labute approximate surface area is 138 Å². The van der Waals surface area contributed by atoms with Crippen LogP contribution < -0.4 is 11.1 Å². The lowest BCUT2D eigenvalue weighted by atomic mass is 10.1. The van der Waals surface area contributed by atoms with E-state index in [2.05, 4.69) is 5.32 Å².